The zero-order chi connectivity index (χ0) is 19.5. The van der Waals surface area contributed by atoms with E-state index in [-0.39, 0.29) is 29.2 Å². The molecule has 1 aromatic heterocycles. The van der Waals surface area contributed by atoms with E-state index in [0.717, 1.165) is 24.4 Å². The van der Waals surface area contributed by atoms with E-state index in [1.165, 1.54) is 12.1 Å². The predicted molar refractivity (Wildman–Crippen MR) is 86.3 cm³/mol. The molecular weight excluding hydrogens is 379 g/mol. The van der Waals surface area contributed by atoms with Gasteiger partial charge in [0.15, 0.2) is 0 Å². The monoisotopic (exact) mass is 392 g/mol. The first-order valence-electron chi connectivity index (χ1n) is 7.47. The fraction of sp³-hybridized carbons (Fsp3) is 0.294. The van der Waals surface area contributed by atoms with Gasteiger partial charge in [-0.1, -0.05) is 23.7 Å². The van der Waals surface area contributed by atoms with E-state index in [1.807, 2.05) is 0 Å². The summed E-state index contributed by atoms with van der Waals surface area (Å²) in [5.74, 6) is -3.99. The third-order valence-corrected chi connectivity index (χ3v) is 3.88. The minimum absolute atomic E-state index is 0.00559. The lowest BCUT2D eigenvalue weighted by atomic mass is 10.1. The Morgan fingerprint density at radius 1 is 1.19 bits per heavy atom. The van der Waals surface area contributed by atoms with Gasteiger partial charge < -0.3 is 5.32 Å². The molecule has 0 radical (unpaired) electrons. The summed E-state index contributed by atoms with van der Waals surface area (Å²) in [6.45, 7) is 0.651. The number of hydrogen-bond acceptors (Lipinski definition) is 2. The zero-order valence-electron chi connectivity index (χ0n) is 13.5. The average Bonchev–Trinajstić information content (AvgIpc) is 2.54. The molecule has 1 aromatic carbocycles. The molecule has 1 heterocycles. The van der Waals surface area contributed by atoms with Crippen LogP contribution in [0.2, 0.25) is 5.02 Å². The fourth-order valence-electron chi connectivity index (χ4n) is 2.21. The van der Waals surface area contributed by atoms with Gasteiger partial charge in [0.1, 0.15) is 0 Å². The molecule has 9 heteroatoms. The lowest BCUT2D eigenvalue weighted by Crippen LogP contribution is -2.28. The van der Waals surface area contributed by atoms with Crippen molar-refractivity contribution in [2.75, 3.05) is 6.54 Å². The molecule has 140 valence electrons. The summed E-state index contributed by atoms with van der Waals surface area (Å²) in [6.07, 6.45) is -3.60. The molecule has 1 amide bonds. The third kappa shape index (κ3) is 4.91. The number of nitrogens with one attached hydrogen (secondary N) is 1. The Bertz CT molecular complexity index is 802. The number of rotatable bonds is 5. The number of alkyl halides is 5. The van der Waals surface area contributed by atoms with E-state index in [1.54, 1.807) is 0 Å². The van der Waals surface area contributed by atoms with Gasteiger partial charge in [0, 0.05) is 31.6 Å². The molecule has 0 saturated heterocycles. The van der Waals surface area contributed by atoms with Crippen molar-refractivity contribution in [3.63, 3.8) is 0 Å². The van der Waals surface area contributed by atoms with Crippen molar-refractivity contribution in [2.24, 2.45) is 0 Å². The molecule has 0 spiro atoms. The van der Waals surface area contributed by atoms with Crippen molar-refractivity contribution in [1.29, 1.82) is 0 Å². The molecule has 0 atom stereocenters. The Balaban J connectivity index is 2.04. The minimum atomic E-state index is -4.65. The second kappa shape index (κ2) is 7.57. The van der Waals surface area contributed by atoms with Crippen LogP contribution in [0.15, 0.2) is 36.5 Å². The van der Waals surface area contributed by atoms with Crippen LogP contribution in [-0.2, 0) is 18.5 Å². The molecule has 0 aliphatic carbocycles. The fourth-order valence-corrected chi connectivity index (χ4v) is 2.47. The number of amides is 1. The van der Waals surface area contributed by atoms with Crippen LogP contribution in [0.4, 0.5) is 22.0 Å². The maximum atomic E-state index is 13.2. The topological polar surface area (TPSA) is 42.0 Å². The van der Waals surface area contributed by atoms with Crippen molar-refractivity contribution in [1.82, 2.24) is 10.3 Å². The standard InChI is InChI=1S/C17H14ClF5N2O/c1-16(19,20)10-8-13(18)14(25-9-10)6-7-24-15(26)11-4-2-3-5-12(11)17(21,22)23/h2-5,8-9H,6-7H2,1H3,(H,24,26). The number of benzene rings is 1. The first-order chi connectivity index (χ1) is 12.0. The lowest BCUT2D eigenvalue weighted by molar-refractivity contribution is -0.137. The van der Waals surface area contributed by atoms with E-state index < -0.39 is 29.1 Å². The predicted octanol–water partition coefficient (Wildman–Crippen LogP) is 4.84. The van der Waals surface area contributed by atoms with Crippen molar-refractivity contribution >= 4 is 17.5 Å². The van der Waals surface area contributed by atoms with Gasteiger partial charge in [-0.3, -0.25) is 9.78 Å². The van der Waals surface area contributed by atoms with Gasteiger partial charge in [0.05, 0.1) is 21.8 Å². The van der Waals surface area contributed by atoms with Crippen molar-refractivity contribution < 1.29 is 26.7 Å². The molecule has 0 fully saturated rings. The Morgan fingerprint density at radius 3 is 2.42 bits per heavy atom. The van der Waals surface area contributed by atoms with E-state index in [4.69, 9.17) is 11.6 Å². The molecule has 0 aliphatic rings. The van der Waals surface area contributed by atoms with Crippen LogP contribution in [-0.4, -0.2) is 17.4 Å². The minimum Gasteiger partial charge on any atom is -0.352 e. The number of pyridine rings is 1. The van der Waals surface area contributed by atoms with Gasteiger partial charge in [-0.05, 0) is 18.2 Å². The van der Waals surface area contributed by atoms with Crippen LogP contribution in [0.5, 0.6) is 0 Å². The van der Waals surface area contributed by atoms with Crippen LogP contribution >= 0.6 is 11.6 Å². The summed E-state index contributed by atoms with van der Waals surface area (Å²) < 4.78 is 65.1. The number of carbonyl (C=O) groups excluding carboxylic acids is 1. The molecule has 3 nitrogen and oxygen atoms in total. The van der Waals surface area contributed by atoms with Gasteiger partial charge in [-0.25, -0.2) is 8.78 Å². The zero-order valence-corrected chi connectivity index (χ0v) is 14.3. The van der Waals surface area contributed by atoms with Crippen LogP contribution in [0, 0.1) is 0 Å². The van der Waals surface area contributed by atoms with Crippen LogP contribution in [0.3, 0.4) is 0 Å². The normalized spacial score (nSPS) is 12.1. The Kier molecular flexibility index (Phi) is 5.85. The summed E-state index contributed by atoms with van der Waals surface area (Å²) in [5.41, 5.74) is -1.64. The Hall–Kier alpha value is -2.22. The second-order valence-corrected chi connectivity index (χ2v) is 6.00. The van der Waals surface area contributed by atoms with Crippen molar-refractivity contribution in [3.05, 3.63) is 63.9 Å². The molecule has 0 bridgehead atoms. The maximum Gasteiger partial charge on any atom is 0.417 e. The SMILES string of the molecule is CC(F)(F)c1cnc(CCNC(=O)c2ccccc2C(F)(F)F)c(Cl)c1. The van der Waals surface area contributed by atoms with Gasteiger partial charge >= 0.3 is 6.18 Å². The lowest BCUT2D eigenvalue weighted by Gasteiger charge is -2.13. The maximum absolute atomic E-state index is 13.2. The Morgan fingerprint density at radius 2 is 1.85 bits per heavy atom. The molecular formula is C17H14ClF5N2O. The summed E-state index contributed by atoms with van der Waals surface area (Å²) in [5, 5.41) is 2.34. The van der Waals surface area contributed by atoms with Crippen LogP contribution < -0.4 is 5.32 Å². The summed E-state index contributed by atoms with van der Waals surface area (Å²) in [6, 6.07) is 5.48. The average molecular weight is 393 g/mol. The van der Waals surface area contributed by atoms with E-state index in [9.17, 15) is 26.7 Å². The van der Waals surface area contributed by atoms with Crippen LogP contribution in [0.1, 0.15) is 34.1 Å². The largest absolute Gasteiger partial charge is 0.417 e. The summed E-state index contributed by atoms with van der Waals surface area (Å²) in [7, 11) is 0. The first kappa shape index (κ1) is 20.1. The molecule has 0 aliphatic heterocycles. The number of nitrogens with zero attached hydrogens (tertiary/aromatic N) is 1. The third-order valence-electron chi connectivity index (χ3n) is 3.55. The van der Waals surface area contributed by atoms with Crippen LogP contribution in [0.25, 0.3) is 0 Å². The van der Waals surface area contributed by atoms with Crippen molar-refractivity contribution in [3.8, 4) is 0 Å². The highest BCUT2D eigenvalue weighted by Crippen LogP contribution is 2.32. The molecule has 0 saturated carbocycles. The highest BCUT2D eigenvalue weighted by molar-refractivity contribution is 6.31. The number of hydrogen-bond donors (Lipinski definition) is 1. The summed E-state index contributed by atoms with van der Waals surface area (Å²) in [4.78, 5) is 15.8. The van der Waals surface area contributed by atoms with E-state index in [2.05, 4.69) is 10.3 Å². The number of carbonyl (C=O) groups is 1. The Labute approximate surface area is 151 Å². The van der Waals surface area contributed by atoms with Gasteiger partial charge in [0.2, 0.25) is 0 Å². The molecule has 1 N–H and O–H groups in total. The number of halogens is 6. The summed E-state index contributed by atoms with van der Waals surface area (Å²) >= 11 is 5.90. The van der Waals surface area contributed by atoms with Gasteiger partial charge in [-0.15, -0.1) is 0 Å². The highest BCUT2D eigenvalue weighted by atomic mass is 35.5. The van der Waals surface area contributed by atoms with E-state index in [0.29, 0.717) is 6.92 Å². The smallest absolute Gasteiger partial charge is 0.352 e. The van der Waals surface area contributed by atoms with Gasteiger partial charge in [0.25, 0.3) is 11.8 Å². The van der Waals surface area contributed by atoms with E-state index >= 15 is 0 Å². The highest BCUT2D eigenvalue weighted by Gasteiger charge is 2.34. The first-order valence-corrected chi connectivity index (χ1v) is 7.85. The molecule has 2 rings (SSSR count). The quantitative estimate of drug-likeness (QED) is 0.740. The molecule has 2 aromatic rings. The molecule has 26 heavy (non-hydrogen) atoms. The number of aromatic nitrogens is 1. The second-order valence-electron chi connectivity index (χ2n) is 5.59. The molecule has 0 unspecified atom stereocenters. The van der Waals surface area contributed by atoms with Crippen molar-refractivity contribution in [2.45, 2.75) is 25.4 Å². The van der Waals surface area contributed by atoms with Gasteiger partial charge in [-0.2, -0.15) is 13.2 Å².